The number of hydrogen-bond donors (Lipinski definition) is 2. The van der Waals surface area contributed by atoms with Crippen molar-refractivity contribution in [1.29, 1.82) is 0 Å². The van der Waals surface area contributed by atoms with E-state index < -0.39 is 0 Å². The second-order valence-corrected chi connectivity index (χ2v) is 5.18. The van der Waals surface area contributed by atoms with E-state index in [4.69, 9.17) is 27.9 Å². The third-order valence-corrected chi connectivity index (χ3v) is 3.76. The van der Waals surface area contributed by atoms with Gasteiger partial charge in [-0.2, -0.15) is 0 Å². The maximum absolute atomic E-state index is 6.22. The average Bonchev–Trinajstić information content (AvgIpc) is 2.39. The van der Waals surface area contributed by atoms with E-state index in [0.717, 1.165) is 36.8 Å². The maximum atomic E-state index is 6.22. The predicted octanol–water partition coefficient (Wildman–Crippen LogP) is 3.27. The second-order valence-electron chi connectivity index (χ2n) is 4.39. The quantitative estimate of drug-likeness (QED) is 0.839. The van der Waals surface area contributed by atoms with Crippen LogP contribution in [0.3, 0.4) is 0 Å². The molecule has 0 spiro atoms. The summed E-state index contributed by atoms with van der Waals surface area (Å²) in [5.74, 6) is 0.759. The van der Waals surface area contributed by atoms with Gasteiger partial charge in [0.2, 0.25) is 0 Å². The molecule has 4 nitrogen and oxygen atoms in total. The smallest absolute Gasteiger partial charge is 0.196 e. The first-order valence-corrected chi connectivity index (χ1v) is 6.95. The van der Waals surface area contributed by atoms with E-state index in [1.165, 1.54) is 0 Å². The third kappa shape index (κ3) is 3.32. The number of rotatable bonds is 4. The first kappa shape index (κ1) is 14.4. The maximum Gasteiger partial charge on any atom is 0.196 e. The van der Waals surface area contributed by atoms with Gasteiger partial charge in [-0.1, -0.05) is 23.2 Å². The molecule has 0 fully saturated rings. The van der Waals surface area contributed by atoms with Crippen molar-refractivity contribution >= 4 is 34.8 Å². The molecule has 1 unspecified atom stereocenters. The third-order valence-electron chi connectivity index (χ3n) is 2.95. The fraction of sp³-hybridized carbons (Fsp3) is 0.462. The minimum atomic E-state index is 0.0728. The number of ether oxygens (including phenoxy) is 1. The second kappa shape index (κ2) is 6.46. The molecule has 104 valence electrons. The van der Waals surface area contributed by atoms with E-state index in [1.54, 1.807) is 13.2 Å². The van der Waals surface area contributed by atoms with Crippen molar-refractivity contribution in [1.82, 2.24) is 10.6 Å². The molecule has 19 heavy (non-hydrogen) atoms. The van der Waals surface area contributed by atoms with E-state index in [9.17, 15) is 0 Å². The van der Waals surface area contributed by atoms with Crippen LogP contribution in [0.2, 0.25) is 10.0 Å². The summed E-state index contributed by atoms with van der Waals surface area (Å²) in [6, 6.07) is 3.73. The van der Waals surface area contributed by atoms with Crippen molar-refractivity contribution in [2.45, 2.75) is 19.4 Å². The fourth-order valence-corrected chi connectivity index (χ4v) is 2.50. The van der Waals surface area contributed by atoms with Crippen molar-refractivity contribution in [2.75, 3.05) is 20.3 Å². The van der Waals surface area contributed by atoms with Crippen LogP contribution in [-0.4, -0.2) is 26.2 Å². The van der Waals surface area contributed by atoms with Crippen molar-refractivity contribution < 1.29 is 4.74 Å². The molecular weight excluding hydrogens is 285 g/mol. The van der Waals surface area contributed by atoms with Crippen LogP contribution < -0.4 is 10.6 Å². The van der Waals surface area contributed by atoms with Gasteiger partial charge in [0.05, 0.1) is 21.8 Å². The van der Waals surface area contributed by atoms with Gasteiger partial charge in [-0.15, -0.1) is 0 Å². The minimum absolute atomic E-state index is 0.0728. The lowest BCUT2D eigenvalue weighted by atomic mass is 10.0. The van der Waals surface area contributed by atoms with E-state index in [1.807, 2.05) is 13.0 Å². The minimum Gasteiger partial charge on any atom is -0.385 e. The van der Waals surface area contributed by atoms with Crippen LogP contribution in [0.15, 0.2) is 17.1 Å². The summed E-state index contributed by atoms with van der Waals surface area (Å²) in [5, 5.41) is 7.64. The Morgan fingerprint density at radius 3 is 2.95 bits per heavy atom. The number of hydrogen-bond acceptors (Lipinski definition) is 4. The van der Waals surface area contributed by atoms with E-state index in [2.05, 4.69) is 15.6 Å². The molecule has 2 N–H and O–H groups in total. The lowest BCUT2D eigenvalue weighted by Gasteiger charge is -2.25. The molecule has 0 radical (unpaired) electrons. The Balaban J connectivity index is 2.13. The van der Waals surface area contributed by atoms with Crippen LogP contribution in [0.25, 0.3) is 0 Å². The molecule has 0 aliphatic carbocycles. The molecule has 1 aliphatic heterocycles. The monoisotopic (exact) mass is 301 g/mol. The van der Waals surface area contributed by atoms with E-state index in [-0.39, 0.29) is 6.04 Å². The number of fused-ring (bicyclic) bond motifs is 1. The number of nitrogens with one attached hydrogen (secondary N) is 2. The molecular formula is C13H17Cl2N3O. The van der Waals surface area contributed by atoms with Crippen LogP contribution in [0.1, 0.15) is 24.9 Å². The van der Waals surface area contributed by atoms with Crippen LogP contribution in [0.4, 0.5) is 5.69 Å². The molecule has 1 aromatic carbocycles. The predicted molar refractivity (Wildman–Crippen MR) is 79.6 cm³/mol. The van der Waals surface area contributed by atoms with Gasteiger partial charge < -0.3 is 15.4 Å². The van der Waals surface area contributed by atoms with Gasteiger partial charge in [-0.25, -0.2) is 4.99 Å². The first-order valence-electron chi connectivity index (χ1n) is 6.19. The Hall–Kier alpha value is -0.970. The SMILES string of the molecule is COCCCNC1=Nc2ccc(Cl)c(Cl)c2C(C)N1. The molecule has 0 saturated heterocycles. The molecule has 1 aromatic rings. The summed E-state index contributed by atoms with van der Waals surface area (Å²) >= 11 is 12.2. The molecule has 0 saturated carbocycles. The fourth-order valence-electron chi connectivity index (χ4n) is 2.01. The average molecular weight is 302 g/mol. The van der Waals surface area contributed by atoms with Crippen LogP contribution in [-0.2, 0) is 4.74 Å². The van der Waals surface area contributed by atoms with Crippen molar-refractivity contribution in [3.8, 4) is 0 Å². The number of aliphatic imine (C=N–C) groups is 1. The van der Waals surface area contributed by atoms with Gasteiger partial charge in [0, 0.05) is 25.8 Å². The molecule has 0 bridgehead atoms. The topological polar surface area (TPSA) is 45.6 Å². The van der Waals surface area contributed by atoms with Crippen LogP contribution in [0.5, 0.6) is 0 Å². The standard InChI is InChI=1S/C13H17Cl2N3O/c1-8-11-10(5-4-9(14)12(11)15)18-13(17-8)16-6-3-7-19-2/h4-5,8H,3,6-7H2,1-2H3,(H2,16,17,18). The van der Waals surface area contributed by atoms with Crippen molar-refractivity contribution in [2.24, 2.45) is 4.99 Å². The van der Waals surface area contributed by atoms with Crippen LogP contribution in [0, 0.1) is 0 Å². The first-order chi connectivity index (χ1) is 9.13. The Morgan fingerprint density at radius 2 is 2.21 bits per heavy atom. The number of nitrogens with zero attached hydrogens (tertiary/aromatic N) is 1. The summed E-state index contributed by atoms with van der Waals surface area (Å²) in [6.07, 6.45) is 0.930. The Bertz CT molecular complexity index is 491. The molecule has 0 amide bonds. The zero-order valence-corrected chi connectivity index (χ0v) is 12.5. The van der Waals surface area contributed by atoms with Crippen molar-refractivity contribution in [3.05, 3.63) is 27.7 Å². The van der Waals surface area contributed by atoms with Crippen LogP contribution >= 0.6 is 23.2 Å². The van der Waals surface area contributed by atoms with Gasteiger partial charge in [-0.3, -0.25) is 0 Å². The molecule has 6 heteroatoms. The zero-order valence-electron chi connectivity index (χ0n) is 11.0. The molecule has 1 atom stereocenters. The normalized spacial score (nSPS) is 17.5. The number of methoxy groups -OCH3 is 1. The highest BCUT2D eigenvalue weighted by Crippen LogP contribution is 2.38. The molecule has 0 aromatic heterocycles. The van der Waals surface area contributed by atoms with Gasteiger partial charge in [-0.05, 0) is 25.5 Å². The number of benzene rings is 1. The lowest BCUT2D eigenvalue weighted by Crippen LogP contribution is -2.41. The summed E-state index contributed by atoms with van der Waals surface area (Å²) in [5.41, 5.74) is 1.80. The Labute approximate surface area is 123 Å². The summed E-state index contributed by atoms with van der Waals surface area (Å²) < 4.78 is 5.01. The zero-order chi connectivity index (χ0) is 13.8. The van der Waals surface area contributed by atoms with Gasteiger partial charge in [0.1, 0.15) is 0 Å². The highest BCUT2D eigenvalue weighted by Gasteiger charge is 2.22. The lowest BCUT2D eigenvalue weighted by molar-refractivity contribution is 0.195. The van der Waals surface area contributed by atoms with E-state index >= 15 is 0 Å². The molecule has 2 rings (SSSR count). The highest BCUT2D eigenvalue weighted by atomic mass is 35.5. The Kier molecular flexibility index (Phi) is 4.91. The number of guanidine groups is 1. The van der Waals surface area contributed by atoms with Crippen molar-refractivity contribution in [3.63, 3.8) is 0 Å². The largest absolute Gasteiger partial charge is 0.385 e. The molecule has 1 heterocycles. The Morgan fingerprint density at radius 1 is 1.42 bits per heavy atom. The summed E-state index contributed by atoms with van der Waals surface area (Å²) in [4.78, 5) is 4.51. The highest BCUT2D eigenvalue weighted by molar-refractivity contribution is 6.42. The summed E-state index contributed by atoms with van der Waals surface area (Å²) in [7, 11) is 1.69. The molecule has 1 aliphatic rings. The van der Waals surface area contributed by atoms with E-state index in [0.29, 0.717) is 10.0 Å². The van der Waals surface area contributed by atoms with Gasteiger partial charge in [0.25, 0.3) is 0 Å². The van der Waals surface area contributed by atoms with Gasteiger partial charge in [0.15, 0.2) is 5.96 Å². The van der Waals surface area contributed by atoms with Gasteiger partial charge >= 0.3 is 0 Å². The summed E-state index contributed by atoms with van der Waals surface area (Å²) in [6.45, 7) is 3.57. The number of halogens is 2.